The van der Waals surface area contributed by atoms with Crippen LogP contribution in [0.5, 0.6) is 0 Å². The van der Waals surface area contributed by atoms with Crippen molar-refractivity contribution >= 4 is 17.9 Å². The van der Waals surface area contributed by atoms with E-state index in [0.29, 0.717) is 5.02 Å². The summed E-state index contributed by atoms with van der Waals surface area (Å²) in [4.78, 5) is 10.8. The summed E-state index contributed by atoms with van der Waals surface area (Å²) in [6.45, 7) is 2.06. The molecule has 0 spiro atoms. The minimum atomic E-state index is -0.0429. The van der Waals surface area contributed by atoms with Crippen molar-refractivity contribution in [3.8, 4) is 0 Å². The van der Waals surface area contributed by atoms with Crippen LogP contribution in [0.2, 0.25) is 5.02 Å². The fraction of sp³-hybridized carbons (Fsp3) is 0.364. The summed E-state index contributed by atoms with van der Waals surface area (Å²) in [7, 11) is 0. The van der Waals surface area contributed by atoms with E-state index in [-0.39, 0.29) is 5.92 Å². The number of benzene rings is 1. The van der Waals surface area contributed by atoms with Crippen LogP contribution in [-0.4, -0.2) is 6.29 Å². The third-order valence-electron chi connectivity index (χ3n) is 2.07. The predicted molar refractivity (Wildman–Crippen MR) is 55.2 cm³/mol. The Morgan fingerprint density at radius 2 is 2.15 bits per heavy atom. The minimum absolute atomic E-state index is 0.0429. The molecule has 13 heavy (non-hydrogen) atoms. The van der Waals surface area contributed by atoms with Crippen LogP contribution in [0.3, 0.4) is 0 Å². The van der Waals surface area contributed by atoms with Gasteiger partial charge in [-0.3, -0.25) is 0 Å². The minimum Gasteiger partial charge on any atom is -0.303 e. The fourth-order valence-electron chi connectivity index (χ4n) is 1.38. The zero-order chi connectivity index (χ0) is 9.68. The highest BCUT2D eigenvalue weighted by molar-refractivity contribution is 6.31. The van der Waals surface area contributed by atoms with Crippen LogP contribution in [-0.2, 0) is 4.79 Å². The summed E-state index contributed by atoms with van der Waals surface area (Å²) in [5.74, 6) is -0.0429. The van der Waals surface area contributed by atoms with Gasteiger partial charge in [-0.25, -0.2) is 0 Å². The van der Waals surface area contributed by atoms with E-state index in [1.807, 2.05) is 24.3 Å². The highest BCUT2D eigenvalue weighted by Crippen LogP contribution is 2.26. The van der Waals surface area contributed by atoms with Gasteiger partial charge in [-0.15, -0.1) is 0 Å². The maximum Gasteiger partial charge on any atom is 0.127 e. The lowest BCUT2D eigenvalue weighted by molar-refractivity contribution is -0.109. The highest BCUT2D eigenvalue weighted by atomic mass is 35.5. The summed E-state index contributed by atoms with van der Waals surface area (Å²) >= 11 is 5.97. The molecule has 0 aliphatic rings. The van der Waals surface area contributed by atoms with Gasteiger partial charge in [0.25, 0.3) is 0 Å². The van der Waals surface area contributed by atoms with E-state index in [2.05, 4.69) is 6.92 Å². The molecule has 2 heteroatoms. The van der Waals surface area contributed by atoms with E-state index in [9.17, 15) is 4.79 Å². The average molecular weight is 197 g/mol. The van der Waals surface area contributed by atoms with Gasteiger partial charge in [0.1, 0.15) is 6.29 Å². The summed E-state index contributed by atoms with van der Waals surface area (Å²) in [6.07, 6.45) is 2.84. The summed E-state index contributed by atoms with van der Waals surface area (Å²) in [5.41, 5.74) is 0.945. The van der Waals surface area contributed by atoms with E-state index < -0.39 is 0 Å². The first kappa shape index (κ1) is 10.3. The van der Waals surface area contributed by atoms with Crippen LogP contribution < -0.4 is 0 Å². The molecule has 0 heterocycles. The zero-order valence-corrected chi connectivity index (χ0v) is 8.42. The SMILES string of the molecule is CCCC(C=O)c1ccccc1Cl. The lowest BCUT2D eigenvalue weighted by Gasteiger charge is -2.10. The third kappa shape index (κ3) is 2.56. The van der Waals surface area contributed by atoms with Gasteiger partial charge in [-0.2, -0.15) is 0 Å². The van der Waals surface area contributed by atoms with Crippen LogP contribution in [0.1, 0.15) is 31.2 Å². The molecule has 0 aliphatic heterocycles. The predicted octanol–water partition coefficient (Wildman–Crippen LogP) is 3.42. The van der Waals surface area contributed by atoms with Gasteiger partial charge >= 0.3 is 0 Å². The van der Waals surface area contributed by atoms with Crippen LogP contribution >= 0.6 is 11.6 Å². The van der Waals surface area contributed by atoms with Crippen molar-refractivity contribution in [1.82, 2.24) is 0 Å². The van der Waals surface area contributed by atoms with Gasteiger partial charge < -0.3 is 4.79 Å². The Balaban J connectivity index is 2.90. The molecule has 1 unspecified atom stereocenters. The van der Waals surface area contributed by atoms with Crippen LogP contribution in [0, 0.1) is 0 Å². The lowest BCUT2D eigenvalue weighted by atomic mass is 9.96. The Morgan fingerprint density at radius 3 is 2.69 bits per heavy atom. The Morgan fingerprint density at radius 1 is 1.46 bits per heavy atom. The molecule has 0 aromatic heterocycles. The fourth-order valence-corrected chi connectivity index (χ4v) is 1.66. The van der Waals surface area contributed by atoms with Gasteiger partial charge in [0.15, 0.2) is 0 Å². The number of halogens is 1. The first-order chi connectivity index (χ1) is 6.29. The molecular weight excluding hydrogens is 184 g/mol. The molecule has 1 nitrogen and oxygen atoms in total. The smallest absolute Gasteiger partial charge is 0.127 e. The van der Waals surface area contributed by atoms with E-state index in [1.54, 1.807) is 0 Å². The molecule has 0 N–H and O–H groups in total. The number of rotatable bonds is 4. The van der Waals surface area contributed by atoms with Crippen LogP contribution in [0.15, 0.2) is 24.3 Å². The number of carbonyl (C=O) groups is 1. The highest BCUT2D eigenvalue weighted by Gasteiger charge is 2.11. The van der Waals surface area contributed by atoms with Crippen molar-refractivity contribution in [1.29, 1.82) is 0 Å². The molecule has 1 atom stereocenters. The van der Waals surface area contributed by atoms with Crippen LogP contribution in [0.25, 0.3) is 0 Å². The summed E-state index contributed by atoms with van der Waals surface area (Å²) < 4.78 is 0. The van der Waals surface area contributed by atoms with Gasteiger partial charge in [0, 0.05) is 10.9 Å². The van der Waals surface area contributed by atoms with E-state index in [1.165, 1.54) is 0 Å². The molecule has 0 radical (unpaired) electrons. The number of aldehydes is 1. The molecular formula is C11H13ClO. The Hall–Kier alpha value is -0.820. The van der Waals surface area contributed by atoms with E-state index in [4.69, 9.17) is 11.6 Å². The molecule has 0 fully saturated rings. The van der Waals surface area contributed by atoms with Gasteiger partial charge in [0.05, 0.1) is 0 Å². The Labute approximate surface area is 83.7 Å². The maximum atomic E-state index is 10.8. The average Bonchev–Trinajstić information content (AvgIpc) is 2.16. The second-order valence-electron chi connectivity index (χ2n) is 3.05. The molecule has 0 saturated heterocycles. The molecule has 1 aromatic carbocycles. The van der Waals surface area contributed by atoms with E-state index >= 15 is 0 Å². The van der Waals surface area contributed by atoms with Gasteiger partial charge in [-0.1, -0.05) is 43.1 Å². The monoisotopic (exact) mass is 196 g/mol. The van der Waals surface area contributed by atoms with Gasteiger partial charge in [0.2, 0.25) is 0 Å². The number of hydrogen-bond acceptors (Lipinski definition) is 1. The maximum absolute atomic E-state index is 10.8. The standard InChI is InChI=1S/C11H13ClO/c1-2-5-9(8-13)10-6-3-4-7-11(10)12/h3-4,6-9H,2,5H2,1H3. The Kier molecular flexibility index (Phi) is 3.97. The molecule has 0 bridgehead atoms. The first-order valence-corrected chi connectivity index (χ1v) is 4.87. The van der Waals surface area contributed by atoms with Crippen molar-refractivity contribution < 1.29 is 4.79 Å². The zero-order valence-electron chi connectivity index (χ0n) is 7.66. The molecule has 0 amide bonds. The van der Waals surface area contributed by atoms with Crippen LogP contribution in [0.4, 0.5) is 0 Å². The van der Waals surface area contributed by atoms with Crippen molar-refractivity contribution in [2.75, 3.05) is 0 Å². The second-order valence-corrected chi connectivity index (χ2v) is 3.46. The molecule has 0 aliphatic carbocycles. The topological polar surface area (TPSA) is 17.1 Å². The molecule has 1 rings (SSSR count). The van der Waals surface area contributed by atoms with Crippen molar-refractivity contribution in [3.63, 3.8) is 0 Å². The third-order valence-corrected chi connectivity index (χ3v) is 2.41. The summed E-state index contributed by atoms with van der Waals surface area (Å²) in [6, 6.07) is 7.52. The molecule has 70 valence electrons. The first-order valence-electron chi connectivity index (χ1n) is 4.49. The van der Waals surface area contributed by atoms with Crippen molar-refractivity contribution in [2.45, 2.75) is 25.7 Å². The number of hydrogen-bond donors (Lipinski definition) is 0. The number of carbonyl (C=O) groups excluding carboxylic acids is 1. The summed E-state index contributed by atoms with van der Waals surface area (Å²) in [5, 5.41) is 0.688. The second kappa shape index (κ2) is 5.03. The molecule has 0 saturated carbocycles. The van der Waals surface area contributed by atoms with Crippen molar-refractivity contribution in [2.24, 2.45) is 0 Å². The molecule has 1 aromatic rings. The largest absolute Gasteiger partial charge is 0.303 e. The van der Waals surface area contributed by atoms with E-state index in [0.717, 1.165) is 24.7 Å². The quantitative estimate of drug-likeness (QED) is 0.675. The lowest BCUT2D eigenvalue weighted by Crippen LogP contribution is -2.00. The van der Waals surface area contributed by atoms with Gasteiger partial charge in [-0.05, 0) is 18.1 Å². The Bertz CT molecular complexity index is 283. The van der Waals surface area contributed by atoms with Crippen molar-refractivity contribution in [3.05, 3.63) is 34.9 Å². The normalized spacial score (nSPS) is 12.5.